The van der Waals surface area contributed by atoms with Gasteiger partial charge in [0.15, 0.2) is 0 Å². The highest BCUT2D eigenvalue weighted by Gasteiger charge is 2.10. The lowest BCUT2D eigenvalue weighted by Gasteiger charge is -2.13. The molecule has 0 heterocycles. The topological polar surface area (TPSA) is 26.3 Å². The average Bonchev–Trinajstić information content (AvgIpc) is 2.17. The van der Waals surface area contributed by atoms with Crippen molar-refractivity contribution in [2.45, 2.75) is 39.5 Å². The zero-order valence-corrected chi connectivity index (χ0v) is 9.77. The highest BCUT2D eigenvalue weighted by Crippen LogP contribution is 2.13. The average molecular weight is 219 g/mol. The Morgan fingerprint density at radius 3 is 2.57 bits per heavy atom. The summed E-state index contributed by atoms with van der Waals surface area (Å²) in [6, 6.07) is 0. The fourth-order valence-electron chi connectivity index (χ4n) is 1.17. The summed E-state index contributed by atoms with van der Waals surface area (Å²) in [6.07, 6.45) is 4.49. The summed E-state index contributed by atoms with van der Waals surface area (Å²) in [7, 11) is 0. The Morgan fingerprint density at radius 1 is 1.50 bits per heavy atom. The van der Waals surface area contributed by atoms with E-state index >= 15 is 0 Å². The van der Waals surface area contributed by atoms with Gasteiger partial charge in [-0.25, -0.2) is 4.79 Å². The Hall–Kier alpha value is -0.500. The molecular weight excluding hydrogens is 200 g/mol. The summed E-state index contributed by atoms with van der Waals surface area (Å²) in [5.41, 5.74) is 0. The first kappa shape index (κ1) is 13.5. The Bertz CT molecular complexity index is 190. The molecule has 0 aliphatic carbocycles. The first-order valence-electron chi connectivity index (χ1n) is 5.13. The molecule has 0 aliphatic heterocycles. The normalized spacial score (nSPS) is 12.2. The molecule has 1 unspecified atom stereocenters. The number of unbranched alkanes of at least 4 members (excludes halogenated alkanes) is 1. The minimum absolute atomic E-state index is 0.0460. The Balaban J connectivity index is 3.71. The van der Waals surface area contributed by atoms with Gasteiger partial charge in [-0.2, -0.15) is 0 Å². The van der Waals surface area contributed by atoms with Crippen molar-refractivity contribution in [3.8, 4) is 0 Å². The zero-order valence-electron chi connectivity index (χ0n) is 9.01. The van der Waals surface area contributed by atoms with Crippen LogP contribution in [0.3, 0.4) is 0 Å². The van der Waals surface area contributed by atoms with Crippen molar-refractivity contribution >= 4 is 17.6 Å². The molecule has 0 N–H and O–H groups in total. The summed E-state index contributed by atoms with van der Waals surface area (Å²) >= 11 is 5.39. The number of esters is 1. The van der Waals surface area contributed by atoms with Gasteiger partial charge in [0, 0.05) is 0 Å². The van der Waals surface area contributed by atoms with Crippen LogP contribution >= 0.6 is 11.6 Å². The zero-order chi connectivity index (χ0) is 11.0. The van der Waals surface area contributed by atoms with Crippen molar-refractivity contribution in [1.29, 1.82) is 0 Å². The predicted octanol–water partition coefficient (Wildman–Crippen LogP) is 3.50. The van der Waals surface area contributed by atoms with E-state index in [2.05, 4.69) is 20.4 Å². The second-order valence-electron chi connectivity index (χ2n) is 3.42. The monoisotopic (exact) mass is 218 g/mol. The van der Waals surface area contributed by atoms with Gasteiger partial charge in [-0.15, -0.1) is 0 Å². The standard InChI is InChI=1S/C11H19ClO2/c1-4-6-7-10(5-2)8-14-11(13)9(3)12/h10H,3-8H2,1-2H3. The molecule has 3 heteroatoms. The summed E-state index contributed by atoms with van der Waals surface area (Å²) in [4.78, 5) is 11.0. The lowest BCUT2D eigenvalue weighted by atomic mass is 10.0. The van der Waals surface area contributed by atoms with E-state index in [1.165, 1.54) is 12.8 Å². The number of ether oxygens (including phenoxy) is 1. The smallest absolute Gasteiger partial charge is 0.349 e. The van der Waals surface area contributed by atoms with Crippen molar-refractivity contribution in [2.24, 2.45) is 5.92 Å². The Kier molecular flexibility index (Phi) is 7.58. The molecule has 0 rings (SSSR count). The van der Waals surface area contributed by atoms with Crippen LogP contribution < -0.4 is 0 Å². The molecule has 0 saturated carbocycles. The van der Waals surface area contributed by atoms with E-state index in [1.807, 2.05) is 0 Å². The van der Waals surface area contributed by atoms with E-state index in [0.717, 1.165) is 12.8 Å². The van der Waals surface area contributed by atoms with E-state index in [-0.39, 0.29) is 5.03 Å². The van der Waals surface area contributed by atoms with E-state index in [0.29, 0.717) is 12.5 Å². The third-order valence-corrected chi connectivity index (χ3v) is 2.37. The highest BCUT2D eigenvalue weighted by molar-refractivity contribution is 6.40. The summed E-state index contributed by atoms with van der Waals surface area (Å²) < 4.78 is 4.98. The van der Waals surface area contributed by atoms with Crippen molar-refractivity contribution in [3.63, 3.8) is 0 Å². The number of rotatable bonds is 7. The highest BCUT2D eigenvalue weighted by atomic mass is 35.5. The van der Waals surface area contributed by atoms with Crippen molar-refractivity contribution < 1.29 is 9.53 Å². The third-order valence-electron chi connectivity index (χ3n) is 2.21. The minimum atomic E-state index is -0.499. The van der Waals surface area contributed by atoms with Crippen LogP contribution in [0, 0.1) is 5.92 Å². The first-order valence-corrected chi connectivity index (χ1v) is 5.51. The number of hydrogen-bond donors (Lipinski definition) is 0. The molecule has 0 bridgehead atoms. The van der Waals surface area contributed by atoms with Gasteiger partial charge in [0.05, 0.1) is 6.61 Å². The Labute approximate surface area is 91.3 Å². The van der Waals surface area contributed by atoms with Gasteiger partial charge in [-0.1, -0.05) is 51.3 Å². The minimum Gasteiger partial charge on any atom is -0.461 e. The van der Waals surface area contributed by atoms with E-state index in [9.17, 15) is 4.79 Å². The SMILES string of the molecule is C=C(Cl)C(=O)OCC(CC)CCCC. The maximum absolute atomic E-state index is 11.0. The van der Waals surface area contributed by atoms with Crippen LogP contribution in [-0.4, -0.2) is 12.6 Å². The molecular formula is C11H19ClO2. The first-order chi connectivity index (χ1) is 6.61. The Morgan fingerprint density at radius 2 is 2.14 bits per heavy atom. The molecule has 14 heavy (non-hydrogen) atoms. The molecule has 0 saturated heterocycles. The second-order valence-corrected chi connectivity index (χ2v) is 3.88. The molecule has 0 fully saturated rings. The van der Waals surface area contributed by atoms with E-state index in [4.69, 9.17) is 16.3 Å². The number of carbonyl (C=O) groups excluding carboxylic acids is 1. The van der Waals surface area contributed by atoms with Crippen molar-refractivity contribution in [3.05, 3.63) is 11.6 Å². The molecule has 0 amide bonds. The maximum atomic E-state index is 11.0. The summed E-state index contributed by atoms with van der Waals surface area (Å²) in [6.45, 7) is 8.02. The lowest BCUT2D eigenvalue weighted by molar-refractivity contribution is -0.139. The van der Waals surface area contributed by atoms with Gasteiger partial charge in [0.1, 0.15) is 5.03 Å². The van der Waals surface area contributed by atoms with Crippen LogP contribution in [0.15, 0.2) is 11.6 Å². The van der Waals surface area contributed by atoms with Crippen LogP contribution in [-0.2, 0) is 9.53 Å². The van der Waals surface area contributed by atoms with Crippen LogP contribution in [0.4, 0.5) is 0 Å². The molecule has 82 valence electrons. The number of halogens is 1. The molecule has 0 aliphatic rings. The fourth-order valence-corrected chi connectivity index (χ4v) is 1.22. The molecule has 0 aromatic carbocycles. The molecule has 0 aromatic rings. The van der Waals surface area contributed by atoms with Gasteiger partial charge < -0.3 is 4.74 Å². The summed E-state index contributed by atoms with van der Waals surface area (Å²) in [5.74, 6) is -0.0449. The third kappa shape index (κ3) is 6.03. The van der Waals surface area contributed by atoms with Gasteiger partial charge >= 0.3 is 5.97 Å². The van der Waals surface area contributed by atoms with Gasteiger partial charge in [0.2, 0.25) is 0 Å². The van der Waals surface area contributed by atoms with Crippen LogP contribution in [0.5, 0.6) is 0 Å². The predicted molar refractivity (Wildman–Crippen MR) is 59.3 cm³/mol. The number of carbonyl (C=O) groups is 1. The van der Waals surface area contributed by atoms with Gasteiger partial charge in [-0.05, 0) is 12.3 Å². The van der Waals surface area contributed by atoms with Crippen LogP contribution in [0.2, 0.25) is 0 Å². The van der Waals surface area contributed by atoms with Crippen molar-refractivity contribution in [2.75, 3.05) is 6.61 Å². The molecule has 0 spiro atoms. The number of hydrogen-bond acceptors (Lipinski definition) is 2. The maximum Gasteiger partial charge on any atom is 0.349 e. The summed E-state index contributed by atoms with van der Waals surface area (Å²) in [5, 5.41) is -0.0460. The fraction of sp³-hybridized carbons (Fsp3) is 0.727. The molecule has 2 nitrogen and oxygen atoms in total. The van der Waals surface area contributed by atoms with E-state index < -0.39 is 5.97 Å². The lowest BCUT2D eigenvalue weighted by Crippen LogP contribution is -2.13. The van der Waals surface area contributed by atoms with Gasteiger partial charge in [0.25, 0.3) is 0 Å². The van der Waals surface area contributed by atoms with E-state index in [1.54, 1.807) is 0 Å². The van der Waals surface area contributed by atoms with Crippen molar-refractivity contribution in [1.82, 2.24) is 0 Å². The quantitative estimate of drug-likeness (QED) is 0.483. The largest absolute Gasteiger partial charge is 0.461 e. The van der Waals surface area contributed by atoms with Gasteiger partial charge in [-0.3, -0.25) is 0 Å². The molecule has 0 radical (unpaired) electrons. The van der Waals surface area contributed by atoms with Crippen LogP contribution in [0.25, 0.3) is 0 Å². The van der Waals surface area contributed by atoms with Crippen LogP contribution in [0.1, 0.15) is 39.5 Å². The molecule has 1 atom stereocenters. The molecule has 0 aromatic heterocycles. The second kappa shape index (κ2) is 7.86.